The van der Waals surface area contributed by atoms with Gasteiger partial charge in [0.1, 0.15) is 10.7 Å². The fourth-order valence-corrected chi connectivity index (χ4v) is 2.78. The molecule has 4 heteroatoms. The van der Waals surface area contributed by atoms with Crippen LogP contribution in [0.25, 0.3) is 0 Å². The summed E-state index contributed by atoms with van der Waals surface area (Å²) in [5.74, 6) is 1.79. The molecule has 1 aliphatic heterocycles. The molecule has 0 aliphatic carbocycles. The number of nitrogens with two attached hydrogens (primary N) is 1. The van der Waals surface area contributed by atoms with E-state index in [4.69, 9.17) is 22.7 Å². The van der Waals surface area contributed by atoms with Gasteiger partial charge in [-0.1, -0.05) is 25.6 Å². The molecule has 3 nitrogen and oxygen atoms in total. The van der Waals surface area contributed by atoms with E-state index in [0.717, 1.165) is 36.8 Å². The summed E-state index contributed by atoms with van der Waals surface area (Å²) >= 11 is 4.92. The average Bonchev–Trinajstić information content (AvgIpc) is 2.92. The van der Waals surface area contributed by atoms with Crippen LogP contribution in [0.3, 0.4) is 0 Å². The van der Waals surface area contributed by atoms with E-state index in [0.29, 0.717) is 4.99 Å². The molecule has 110 valence electrons. The van der Waals surface area contributed by atoms with Gasteiger partial charge >= 0.3 is 0 Å². The first-order chi connectivity index (χ1) is 9.69. The molecule has 1 atom stereocenters. The fraction of sp³-hybridized carbons (Fsp3) is 0.562. The zero-order chi connectivity index (χ0) is 14.4. The molecule has 1 aliphatic rings. The molecule has 2 rings (SSSR count). The van der Waals surface area contributed by atoms with Crippen molar-refractivity contribution in [2.24, 2.45) is 11.7 Å². The van der Waals surface area contributed by atoms with Crippen LogP contribution in [0.5, 0.6) is 5.75 Å². The minimum Gasteiger partial charge on any atom is -0.494 e. The van der Waals surface area contributed by atoms with E-state index in [2.05, 4.69) is 11.8 Å². The average molecular weight is 292 g/mol. The summed E-state index contributed by atoms with van der Waals surface area (Å²) in [6.07, 6.45) is 3.74. The molecule has 1 unspecified atom stereocenters. The van der Waals surface area contributed by atoms with Crippen LogP contribution < -0.4 is 10.5 Å². The lowest BCUT2D eigenvalue weighted by Gasteiger charge is -2.15. The molecule has 1 fully saturated rings. The van der Waals surface area contributed by atoms with Crippen LogP contribution in [0.2, 0.25) is 0 Å². The maximum Gasteiger partial charge on any atom is 0.119 e. The Hall–Kier alpha value is -1.13. The van der Waals surface area contributed by atoms with E-state index in [-0.39, 0.29) is 0 Å². The number of likely N-dealkylation sites (tertiary alicyclic amines) is 1. The quantitative estimate of drug-likeness (QED) is 0.619. The second-order valence-electron chi connectivity index (χ2n) is 5.45. The lowest BCUT2D eigenvalue weighted by atomic mass is 10.1. The first kappa shape index (κ1) is 15.3. The highest BCUT2D eigenvalue weighted by Crippen LogP contribution is 2.19. The molecular formula is C16H24N2OS. The predicted octanol–water partition coefficient (Wildman–Crippen LogP) is 2.82. The maximum absolute atomic E-state index is 5.74. The number of thiocarbonyl (C=S) groups is 1. The minimum atomic E-state index is 0.427. The van der Waals surface area contributed by atoms with Crippen molar-refractivity contribution >= 4 is 17.2 Å². The van der Waals surface area contributed by atoms with Gasteiger partial charge < -0.3 is 15.4 Å². The number of ether oxygens (including phenoxy) is 1. The van der Waals surface area contributed by atoms with E-state index in [9.17, 15) is 0 Å². The van der Waals surface area contributed by atoms with Crippen molar-refractivity contribution in [3.8, 4) is 5.75 Å². The van der Waals surface area contributed by atoms with Crippen LogP contribution in [0.15, 0.2) is 24.3 Å². The Kier molecular flexibility index (Phi) is 5.80. The van der Waals surface area contributed by atoms with E-state index < -0.39 is 0 Å². The highest BCUT2D eigenvalue weighted by atomic mass is 32.1. The van der Waals surface area contributed by atoms with Gasteiger partial charge in [-0.2, -0.15) is 0 Å². The SMILES string of the molecule is CCC1CCN(CCCOc2ccc(C(N)=S)cc2)C1. The second kappa shape index (κ2) is 7.60. The fourth-order valence-electron chi connectivity index (χ4n) is 2.64. The first-order valence-electron chi connectivity index (χ1n) is 7.44. The summed E-state index contributed by atoms with van der Waals surface area (Å²) in [4.78, 5) is 2.98. The number of rotatable bonds is 7. The molecule has 0 saturated carbocycles. The van der Waals surface area contributed by atoms with Crippen LogP contribution >= 0.6 is 12.2 Å². The molecule has 20 heavy (non-hydrogen) atoms. The Morgan fingerprint density at radius 2 is 2.15 bits per heavy atom. The standard InChI is InChI=1S/C16H24N2OS/c1-2-13-8-10-18(12-13)9-3-11-19-15-6-4-14(5-7-15)16(17)20/h4-7,13H,2-3,8-12H2,1H3,(H2,17,20). The molecule has 1 saturated heterocycles. The Morgan fingerprint density at radius 3 is 2.75 bits per heavy atom. The number of hydrogen-bond donors (Lipinski definition) is 1. The van der Waals surface area contributed by atoms with Crippen LogP contribution in [0, 0.1) is 5.92 Å². The maximum atomic E-state index is 5.74. The normalized spacial score (nSPS) is 19.1. The van der Waals surface area contributed by atoms with Gasteiger partial charge in [0.15, 0.2) is 0 Å². The van der Waals surface area contributed by atoms with Crippen LogP contribution in [0.4, 0.5) is 0 Å². The second-order valence-corrected chi connectivity index (χ2v) is 5.89. The van der Waals surface area contributed by atoms with Crippen molar-refractivity contribution in [2.45, 2.75) is 26.2 Å². The van der Waals surface area contributed by atoms with Gasteiger partial charge in [0.25, 0.3) is 0 Å². The Labute approximate surface area is 127 Å². The third kappa shape index (κ3) is 4.46. The molecular weight excluding hydrogens is 268 g/mol. The van der Waals surface area contributed by atoms with E-state index in [1.807, 2.05) is 24.3 Å². The van der Waals surface area contributed by atoms with Gasteiger partial charge in [-0.05, 0) is 49.6 Å². The van der Waals surface area contributed by atoms with Crippen molar-refractivity contribution in [2.75, 3.05) is 26.2 Å². The summed E-state index contributed by atoms with van der Waals surface area (Å²) in [7, 11) is 0. The lowest BCUT2D eigenvalue weighted by Crippen LogP contribution is -2.23. The van der Waals surface area contributed by atoms with Crippen molar-refractivity contribution in [1.29, 1.82) is 0 Å². The lowest BCUT2D eigenvalue weighted by molar-refractivity contribution is 0.258. The summed E-state index contributed by atoms with van der Waals surface area (Å²) in [5, 5.41) is 0. The highest BCUT2D eigenvalue weighted by molar-refractivity contribution is 7.80. The smallest absolute Gasteiger partial charge is 0.119 e. The third-order valence-electron chi connectivity index (χ3n) is 3.97. The third-order valence-corrected chi connectivity index (χ3v) is 4.21. The molecule has 0 aromatic heterocycles. The van der Waals surface area contributed by atoms with Gasteiger partial charge in [0.05, 0.1) is 6.61 Å². The summed E-state index contributed by atoms with van der Waals surface area (Å²) in [6, 6.07) is 7.67. The predicted molar refractivity (Wildman–Crippen MR) is 87.3 cm³/mol. The molecule has 1 aromatic carbocycles. The Morgan fingerprint density at radius 1 is 1.40 bits per heavy atom. The van der Waals surface area contributed by atoms with Crippen molar-refractivity contribution < 1.29 is 4.74 Å². The Bertz CT molecular complexity index is 433. The van der Waals surface area contributed by atoms with Gasteiger partial charge in [-0.25, -0.2) is 0 Å². The Balaban J connectivity index is 1.65. The minimum absolute atomic E-state index is 0.427. The van der Waals surface area contributed by atoms with E-state index >= 15 is 0 Å². The van der Waals surface area contributed by atoms with E-state index in [1.165, 1.54) is 25.9 Å². The van der Waals surface area contributed by atoms with Gasteiger partial charge in [0, 0.05) is 18.7 Å². The van der Waals surface area contributed by atoms with Crippen LogP contribution in [-0.2, 0) is 0 Å². The van der Waals surface area contributed by atoms with E-state index in [1.54, 1.807) is 0 Å². The zero-order valence-corrected chi connectivity index (χ0v) is 13.0. The largest absolute Gasteiger partial charge is 0.494 e. The molecule has 0 amide bonds. The van der Waals surface area contributed by atoms with Gasteiger partial charge in [-0.15, -0.1) is 0 Å². The topological polar surface area (TPSA) is 38.5 Å². The molecule has 0 radical (unpaired) electrons. The summed E-state index contributed by atoms with van der Waals surface area (Å²) in [5.41, 5.74) is 6.45. The van der Waals surface area contributed by atoms with Crippen molar-refractivity contribution in [3.05, 3.63) is 29.8 Å². The monoisotopic (exact) mass is 292 g/mol. The summed E-state index contributed by atoms with van der Waals surface area (Å²) in [6.45, 7) is 6.70. The number of benzene rings is 1. The highest BCUT2D eigenvalue weighted by Gasteiger charge is 2.19. The van der Waals surface area contributed by atoms with Crippen LogP contribution in [-0.4, -0.2) is 36.1 Å². The van der Waals surface area contributed by atoms with Gasteiger partial charge in [0.2, 0.25) is 0 Å². The summed E-state index contributed by atoms with van der Waals surface area (Å²) < 4.78 is 5.74. The van der Waals surface area contributed by atoms with Gasteiger partial charge in [-0.3, -0.25) is 0 Å². The molecule has 0 spiro atoms. The molecule has 1 aromatic rings. The van der Waals surface area contributed by atoms with Crippen molar-refractivity contribution in [1.82, 2.24) is 4.90 Å². The first-order valence-corrected chi connectivity index (χ1v) is 7.85. The molecule has 1 heterocycles. The van der Waals surface area contributed by atoms with Crippen molar-refractivity contribution in [3.63, 3.8) is 0 Å². The zero-order valence-electron chi connectivity index (χ0n) is 12.2. The molecule has 2 N–H and O–H groups in total. The number of nitrogens with zero attached hydrogens (tertiary/aromatic N) is 1. The number of hydrogen-bond acceptors (Lipinski definition) is 3. The van der Waals surface area contributed by atoms with Crippen LogP contribution in [0.1, 0.15) is 31.7 Å². The molecule has 0 bridgehead atoms.